The van der Waals surface area contributed by atoms with Gasteiger partial charge in [0.05, 0.1) is 37.7 Å². The number of ether oxygens (including phenoxy) is 1. The third-order valence-electron chi connectivity index (χ3n) is 6.06. The quantitative estimate of drug-likeness (QED) is 0.205. The van der Waals surface area contributed by atoms with E-state index in [1.165, 1.54) is 6.33 Å². The molecule has 0 bridgehead atoms. The Hall–Kier alpha value is -2.38. The van der Waals surface area contributed by atoms with Crippen LogP contribution in [0.4, 0.5) is 5.82 Å². The Morgan fingerprint density at radius 3 is 2.82 bits per heavy atom. The van der Waals surface area contributed by atoms with Crippen LogP contribution in [0.3, 0.4) is 0 Å². The number of rotatable bonds is 13. The van der Waals surface area contributed by atoms with Gasteiger partial charge in [0.2, 0.25) is 0 Å². The third kappa shape index (κ3) is 7.17. The molecule has 4 rings (SSSR count). The molecule has 0 spiro atoms. The summed E-state index contributed by atoms with van der Waals surface area (Å²) in [5, 5.41) is 12.1. The van der Waals surface area contributed by atoms with Gasteiger partial charge < -0.3 is 15.6 Å². The predicted molar refractivity (Wildman–Crippen MR) is 144 cm³/mol. The first-order valence-corrected chi connectivity index (χ1v) is 14.8. The van der Waals surface area contributed by atoms with Crippen molar-refractivity contribution in [2.24, 2.45) is 5.41 Å². The second-order valence-electron chi connectivity index (χ2n) is 9.50. The molecular weight excluding hydrogens is 531 g/mol. The Bertz CT molecular complexity index is 1280. The maximum Gasteiger partial charge on any atom is 0.405 e. The molecule has 0 radical (unpaired) electrons. The van der Waals surface area contributed by atoms with Gasteiger partial charge in [-0.05, 0) is 32.3 Å². The molecule has 2 aromatic heterocycles. The lowest BCUT2D eigenvalue weighted by Gasteiger charge is -2.22. The summed E-state index contributed by atoms with van der Waals surface area (Å²) in [5.41, 5.74) is 7.04. The zero-order valence-corrected chi connectivity index (χ0v) is 23.1. The number of nitrogens with two attached hydrogens (primary N) is 1. The van der Waals surface area contributed by atoms with E-state index in [1.807, 2.05) is 30.3 Å². The molecule has 1 aliphatic rings. The van der Waals surface area contributed by atoms with Crippen LogP contribution in [0.25, 0.3) is 11.2 Å². The second-order valence-corrected chi connectivity index (χ2v) is 12.4. The number of fused-ring (bicyclic) bond motifs is 1. The Kier molecular flexibility index (Phi) is 9.53. The highest BCUT2D eigenvalue weighted by Crippen LogP contribution is 2.45. The van der Waals surface area contributed by atoms with Gasteiger partial charge in [-0.15, -0.1) is 0 Å². The fraction of sp³-hybridized carbons (Fsp3) is 0.500. The SMILES string of the molecule is CC(C)(CO)C(=O)SCCOP(=O)(NCc1ccccc1)OCC1CC[C@@H](n2cnc3c(N)ncnc32)O1. The minimum absolute atomic E-state index is 0.0211. The molecule has 3 atom stereocenters. The number of aromatic nitrogens is 4. The van der Waals surface area contributed by atoms with E-state index in [2.05, 4.69) is 20.0 Å². The van der Waals surface area contributed by atoms with Crippen molar-refractivity contribution in [2.75, 3.05) is 31.3 Å². The Labute approximate surface area is 225 Å². The molecule has 1 aromatic carbocycles. The highest BCUT2D eigenvalue weighted by Gasteiger charge is 2.33. The van der Waals surface area contributed by atoms with E-state index in [0.29, 0.717) is 29.8 Å². The van der Waals surface area contributed by atoms with E-state index in [-0.39, 0.29) is 49.6 Å². The molecule has 1 saturated heterocycles. The minimum Gasteiger partial charge on any atom is -0.395 e. The van der Waals surface area contributed by atoms with Crippen LogP contribution in [-0.4, -0.2) is 61.4 Å². The van der Waals surface area contributed by atoms with Gasteiger partial charge in [0, 0.05) is 12.3 Å². The third-order valence-corrected chi connectivity index (χ3v) is 8.80. The van der Waals surface area contributed by atoms with Crippen LogP contribution < -0.4 is 10.8 Å². The molecular formula is C24H33N6O6PS. The van der Waals surface area contributed by atoms with Crippen LogP contribution in [-0.2, 0) is 29.7 Å². The number of hydrogen-bond acceptors (Lipinski definition) is 11. The fourth-order valence-corrected chi connectivity index (χ4v) is 6.00. The van der Waals surface area contributed by atoms with E-state index < -0.39 is 13.2 Å². The topological polar surface area (TPSA) is 164 Å². The van der Waals surface area contributed by atoms with E-state index >= 15 is 0 Å². The summed E-state index contributed by atoms with van der Waals surface area (Å²) in [4.78, 5) is 24.8. The van der Waals surface area contributed by atoms with Gasteiger partial charge in [-0.2, -0.15) is 0 Å². The molecule has 12 nitrogen and oxygen atoms in total. The maximum atomic E-state index is 13.6. The van der Waals surface area contributed by atoms with E-state index in [1.54, 1.807) is 24.7 Å². The summed E-state index contributed by atoms with van der Waals surface area (Å²) in [6.07, 6.45) is 3.71. The molecule has 4 N–H and O–H groups in total. The van der Waals surface area contributed by atoms with Crippen molar-refractivity contribution >= 4 is 41.6 Å². The van der Waals surface area contributed by atoms with E-state index in [4.69, 9.17) is 19.5 Å². The monoisotopic (exact) mass is 564 g/mol. The molecule has 0 saturated carbocycles. The van der Waals surface area contributed by atoms with Gasteiger partial charge in [0.15, 0.2) is 16.6 Å². The van der Waals surface area contributed by atoms with Gasteiger partial charge in [-0.25, -0.2) is 24.6 Å². The van der Waals surface area contributed by atoms with Crippen molar-refractivity contribution in [1.82, 2.24) is 24.6 Å². The average Bonchev–Trinajstić information content (AvgIpc) is 3.57. The molecule has 0 amide bonds. The lowest BCUT2D eigenvalue weighted by Crippen LogP contribution is -2.26. The fourth-order valence-electron chi connectivity index (χ4n) is 3.74. The number of nitrogens with one attached hydrogen (secondary N) is 1. The minimum atomic E-state index is -3.73. The highest BCUT2D eigenvalue weighted by molar-refractivity contribution is 8.13. The number of thioether (sulfide) groups is 1. The summed E-state index contributed by atoms with van der Waals surface area (Å²) in [6, 6.07) is 9.48. The van der Waals surface area contributed by atoms with Crippen molar-refractivity contribution in [3.8, 4) is 0 Å². The number of benzene rings is 1. The van der Waals surface area contributed by atoms with Crippen LogP contribution in [0.1, 0.15) is 38.5 Å². The number of nitrogen functional groups attached to an aromatic ring is 1. The van der Waals surface area contributed by atoms with Gasteiger partial charge in [0.1, 0.15) is 18.1 Å². The standard InChI is InChI=1S/C24H33N6O6PS/c1-24(2,14-31)23(32)38-11-10-34-37(33,29-12-17-6-4-3-5-7-17)35-13-18-8-9-19(36-18)30-16-28-20-21(25)26-15-27-22(20)30/h3-7,15-16,18-19,31H,8-14H2,1-2H3,(H,29,33)(H2,25,26,27)/t18?,19-,37?/m0/s1. The zero-order valence-electron chi connectivity index (χ0n) is 21.4. The van der Waals surface area contributed by atoms with Crippen LogP contribution >= 0.6 is 19.5 Å². The van der Waals surface area contributed by atoms with Crippen LogP contribution in [0.5, 0.6) is 0 Å². The van der Waals surface area contributed by atoms with Crippen LogP contribution in [0.15, 0.2) is 43.0 Å². The second kappa shape index (κ2) is 12.6. The van der Waals surface area contributed by atoms with Crippen molar-refractivity contribution < 1.29 is 28.3 Å². The highest BCUT2D eigenvalue weighted by atomic mass is 32.2. The molecule has 14 heteroatoms. The lowest BCUT2D eigenvalue weighted by atomic mass is 9.97. The van der Waals surface area contributed by atoms with Gasteiger partial charge in [-0.3, -0.25) is 18.4 Å². The molecule has 1 fully saturated rings. The average molecular weight is 565 g/mol. The number of aliphatic hydroxyl groups is 1. The number of carbonyl (C=O) groups is 1. The summed E-state index contributed by atoms with van der Waals surface area (Å²) >= 11 is 1.03. The molecule has 38 heavy (non-hydrogen) atoms. The molecule has 206 valence electrons. The summed E-state index contributed by atoms with van der Waals surface area (Å²) in [7, 11) is -3.73. The molecule has 1 aliphatic heterocycles. The smallest absolute Gasteiger partial charge is 0.395 e. The Balaban J connectivity index is 1.34. The first kappa shape index (κ1) is 28.6. The summed E-state index contributed by atoms with van der Waals surface area (Å²) < 4.78 is 33.0. The summed E-state index contributed by atoms with van der Waals surface area (Å²) in [6.45, 7) is 3.43. The number of nitrogens with zero attached hydrogens (tertiary/aromatic N) is 4. The number of hydrogen-bond donors (Lipinski definition) is 3. The first-order valence-electron chi connectivity index (χ1n) is 12.3. The molecule has 3 heterocycles. The zero-order chi connectivity index (χ0) is 27.2. The number of carbonyl (C=O) groups excluding carboxylic acids is 1. The van der Waals surface area contributed by atoms with Gasteiger partial charge in [-0.1, -0.05) is 42.1 Å². The predicted octanol–water partition coefficient (Wildman–Crippen LogP) is 3.30. The number of aliphatic hydroxyl groups excluding tert-OH is 1. The van der Waals surface area contributed by atoms with Crippen molar-refractivity contribution in [2.45, 2.75) is 45.6 Å². The largest absolute Gasteiger partial charge is 0.405 e. The first-order chi connectivity index (χ1) is 18.2. The van der Waals surface area contributed by atoms with E-state index in [9.17, 15) is 14.5 Å². The van der Waals surface area contributed by atoms with Gasteiger partial charge >= 0.3 is 7.75 Å². The molecule has 0 aliphatic carbocycles. The Morgan fingerprint density at radius 1 is 1.26 bits per heavy atom. The number of imidazole rings is 1. The van der Waals surface area contributed by atoms with Crippen LogP contribution in [0.2, 0.25) is 0 Å². The van der Waals surface area contributed by atoms with E-state index in [0.717, 1.165) is 17.3 Å². The van der Waals surface area contributed by atoms with Crippen LogP contribution in [0, 0.1) is 5.41 Å². The summed E-state index contributed by atoms with van der Waals surface area (Å²) in [5.74, 6) is 0.567. The van der Waals surface area contributed by atoms with Crippen molar-refractivity contribution in [3.63, 3.8) is 0 Å². The number of anilines is 1. The van der Waals surface area contributed by atoms with Crippen molar-refractivity contribution in [1.29, 1.82) is 0 Å². The molecule has 2 unspecified atom stereocenters. The maximum absolute atomic E-state index is 13.6. The normalized spacial score (nSPS) is 19.6. The van der Waals surface area contributed by atoms with Gasteiger partial charge in [0.25, 0.3) is 0 Å². The molecule has 3 aromatic rings. The Morgan fingerprint density at radius 2 is 2.05 bits per heavy atom. The van der Waals surface area contributed by atoms with Crippen molar-refractivity contribution in [3.05, 3.63) is 48.5 Å². The lowest BCUT2D eigenvalue weighted by molar-refractivity contribution is -0.119.